The van der Waals surface area contributed by atoms with E-state index in [1.165, 1.54) is 28.6 Å². The average molecular weight is 336 g/mol. The topological polar surface area (TPSA) is 58.5 Å². The van der Waals surface area contributed by atoms with E-state index in [1.807, 2.05) is 12.1 Å². The van der Waals surface area contributed by atoms with Gasteiger partial charge in [0.2, 0.25) is 0 Å². The van der Waals surface area contributed by atoms with Crippen LogP contribution in [0.3, 0.4) is 0 Å². The number of benzene rings is 3. The van der Waals surface area contributed by atoms with Crippen molar-refractivity contribution in [3.63, 3.8) is 0 Å². The van der Waals surface area contributed by atoms with Crippen molar-refractivity contribution in [2.75, 3.05) is 0 Å². The first kappa shape index (κ1) is 14.9. The predicted molar refractivity (Wildman–Crippen MR) is 95.7 cm³/mol. The lowest BCUT2D eigenvalue weighted by Gasteiger charge is -2.06. The molecule has 0 aromatic heterocycles. The number of rotatable bonds is 4. The van der Waals surface area contributed by atoms with Gasteiger partial charge in [0.05, 0.1) is 11.1 Å². The van der Waals surface area contributed by atoms with E-state index in [4.69, 9.17) is 0 Å². The molecule has 5 heteroatoms. The second kappa shape index (κ2) is 5.76. The Morgan fingerprint density at radius 2 is 1.62 bits per heavy atom. The Labute approximate surface area is 140 Å². The number of sulfonamides is 1. The maximum atomic E-state index is 12.2. The second-order valence-electron chi connectivity index (χ2n) is 5.82. The third-order valence-corrected chi connectivity index (χ3v) is 5.58. The molecule has 0 fully saturated rings. The van der Waals surface area contributed by atoms with Crippen LogP contribution >= 0.6 is 0 Å². The molecule has 0 amide bonds. The molecule has 0 saturated carbocycles. The highest BCUT2D eigenvalue weighted by atomic mass is 32.2. The molecule has 0 spiro atoms. The van der Waals surface area contributed by atoms with E-state index in [9.17, 15) is 8.42 Å². The van der Waals surface area contributed by atoms with E-state index in [0.717, 1.165) is 23.8 Å². The molecule has 3 aromatic carbocycles. The van der Waals surface area contributed by atoms with Gasteiger partial charge in [-0.1, -0.05) is 48.5 Å². The van der Waals surface area contributed by atoms with Gasteiger partial charge in [0.25, 0.3) is 10.0 Å². The summed E-state index contributed by atoms with van der Waals surface area (Å²) in [5.74, 6) is 0. The predicted octanol–water partition coefficient (Wildman–Crippen LogP) is 3.25. The first-order chi connectivity index (χ1) is 11.6. The average Bonchev–Trinajstić information content (AvgIpc) is 3.03. The van der Waals surface area contributed by atoms with Crippen LogP contribution in [0.5, 0.6) is 0 Å². The van der Waals surface area contributed by atoms with Crippen LogP contribution in [-0.2, 0) is 22.9 Å². The van der Waals surface area contributed by atoms with E-state index in [-0.39, 0.29) is 4.90 Å². The largest absolute Gasteiger partial charge is 0.276 e. The second-order valence-corrected chi connectivity index (χ2v) is 7.48. The van der Waals surface area contributed by atoms with Crippen LogP contribution in [0.15, 0.2) is 70.7 Å². The Bertz CT molecular complexity index is 1030. The van der Waals surface area contributed by atoms with Gasteiger partial charge in [-0.25, -0.2) is 4.83 Å². The number of nitrogens with zero attached hydrogens (tertiary/aromatic N) is 1. The maximum absolute atomic E-state index is 12.2. The molecule has 0 radical (unpaired) electrons. The van der Waals surface area contributed by atoms with Gasteiger partial charge in [0, 0.05) is 5.56 Å². The molecule has 0 atom stereocenters. The summed E-state index contributed by atoms with van der Waals surface area (Å²) in [6.45, 7) is 0. The fraction of sp³-hybridized carbons (Fsp3) is 0.105. The molecule has 0 bridgehead atoms. The molecular formula is C19H16N2O2S. The molecule has 0 unspecified atom stereocenters. The van der Waals surface area contributed by atoms with Crippen molar-refractivity contribution < 1.29 is 8.42 Å². The summed E-state index contributed by atoms with van der Waals surface area (Å²) in [6, 6.07) is 18.6. The highest BCUT2D eigenvalue weighted by molar-refractivity contribution is 7.89. The van der Waals surface area contributed by atoms with Crippen molar-refractivity contribution in [3.05, 3.63) is 77.4 Å². The number of hydrogen-bond donors (Lipinski definition) is 1. The number of hydrazone groups is 1. The van der Waals surface area contributed by atoms with Crippen LogP contribution in [0.1, 0.15) is 16.7 Å². The standard InChI is InChI=1S/C19H16N2O2S/c22-24(23,17-6-2-1-3-7-17)21-20-13-16-12-11-15-10-9-14-5-4-8-18(16)19(14)15/h1-8,11-13,21H,9-10H2. The van der Waals surface area contributed by atoms with Gasteiger partial charge in [-0.05, 0) is 46.9 Å². The summed E-state index contributed by atoms with van der Waals surface area (Å²) in [6.07, 6.45) is 3.70. The highest BCUT2D eigenvalue weighted by Crippen LogP contribution is 2.32. The van der Waals surface area contributed by atoms with E-state index in [0.29, 0.717) is 0 Å². The van der Waals surface area contributed by atoms with Crippen molar-refractivity contribution in [1.82, 2.24) is 4.83 Å². The van der Waals surface area contributed by atoms with Gasteiger partial charge in [-0.3, -0.25) is 0 Å². The number of hydrogen-bond acceptors (Lipinski definition) is 3. The molecule has 0 aliphatic heterocycles. The van der Waals surface area contributed by atoms with E-state index in [1.54, 1.807) is 24.4 Å². The minimum Gasteiger partial charge on any atom is -0.200 e. The van der Waals surface area contributed by atoms with Gasteiger partial charge < -0.3 is 0 Å². The van der Waals surface area contributed by atoms with Crippen LogP contribution in [0.2, 0.25) is 0 Å². The third-order valence-electron chi connectivity index (χ3n) is 4.34. The lowest BCUT2D eigenvalue weighted by molar-refractivity contribution is 0.584. The smallest absolute Gasteiger partial charge is 0.200 e. The molecule has 1 N–H and O–H groups in total. The zero-order valence-corrected chi connectivity index (χ0v) is 13.8. The molecule has 4 nitrogen and oxygen atoms in total. The molecule has 4 rings (SSSR count). The first-order valence-corrected chi connectivity index (χ1v) is 9.27. The zero-order valence-electron chi connectivity index (χ0n) is 12.9. The first-order valence-electron chi connectivity index (χ1n) is 7.78. The Hall–Kier alpha value is -2.66. The van der Waals surface area contributed by atoms with Gasteiger partial charge in [-0.2, -0.15) is 13.5 Å². The van der Waals surface area contributed by atoms with Gasteiger partial charge >= 0.3 is 0 Å². The summed E-state index contributed by atoms with van der Waals surface area (Å²) >= 11 is 0. The summed E-state index contributed by atoms with van der Waals surface area (Å²) in [5.41, 5.74) is 3.61. The summed E-state index contributed by atoms with van der Waals surface area (Å²) in [4.78, 5) is 2.47. The van der Waals surface area contributed by atoms with Crippen molar-refractivity contribution in [2.24, 2.45) is 5.10 Å². The normalized spacial score (nSPS) is 13.7. The summed E-state index contributed by atoms with van der Waals surface area (Å²) in [7, 11) is -3.64. The molecule has 1 aliphatic rings. The summed E-state index contributed by atoms with van der Waals surface area (Å²) in [5, 5.41) is 6.36. The zero-order chi connectivity index (χ0) is 16.6. The lowest BCUT2D eigenvalue weighted by atomic mass is 10.0. The Kier molecular flexibility index (Phi) is 3.58. The SMILES string of the molecule is O=S(=O)(NN=Cc1ccc2c3c(cccc13)CC2)c1ccccc1. The lowest BCUT2D eigenvalue weighted by Crippen LogP contribution is -2.18. The van der Waals surface area contributed by atoms with Crippen LogP contribution in [0.4, 0.5) is 0 Å². The molecule has 1 aliphatic carbocycles. The van der Waals surface area contributed by atoms with Gasteiger partial charge in [0.1, 0.15) is 0 Å². The molecule has 0 heterocycles. The monoisotopic (exact) mass is 336 g/mol. The van der Waals surface area contributed by atoms with Crippen molar-refractivity contribution >= 4 is 27.0 Å². The third kappa shape index (κ3) is 2.57. The molecule has 24 heavy (non-hydrogen) atoms. The minimum atomic E-state index is -3.64. The maximum Gasteiger partial charge on any atom is 0.276 e. The number of aryl methyl sites for hydroxylation is 2. The molecule has 0 saturated heterocycles. The van der Waals surface area contributed by atoms with E-state index < -0.39 is 10.0 Å². The van der Waals surface area contributed by atoms with Gasteiger partial charge in [-0.15, -0.1) is 0 Å². The molecule has 3 aromatic rings. The van der Waals surface area contributed by atoms with Crippen molar-refractivity contribution in [1.29, 1.82) is 0 Å². The molecule has 120 valence electrons. The van der Waals surface area contributed by atoms with Crippen molar-refractivity contribution in [2.45, 2.75) is 17.7 Å². The summed E-state index contributed by atoms with van der Waals surface area (Å²) < 4.78 is 24.4. The van der Waals surface area contributed by atoms with E-state index >= 15 is 0 Å². The Morgan fingerprint density at radius 1 is 0.875 bits per heavy atom. The Morgan fingerprint density at radius 3 is 2.42 bits per heavy atom. The quantitative estimate of drug-likeness (QED) is 0.587. The van der Waals surface area contributed by atoms with Crippen LogP contribution < -0.4 is 4.83 Å². The van der Waals surface area contributed by atoms with E-state index in [2.05, 4.69) is 28.1 Å². The fourth-order valence-corrected chi connectivity index (χ4v) is 4.01. The number of nitrogens with one attached hydrogen (secondary N) is 1. The van der Waals surface area contributed by atoms with Crippen LogP contribution in [0, 0.1) is 0 Å². The Balaban J connectivity index is 1.65. The van der Waals surface area contributed by atoms with Gasteiger partial charge in [0.15, 0.2) is 0 Å². The fourth-order valence-electron chi connectivity index (χ4n) is 3.20. The van der Waals surface area contributed by atoms with Crippen molar-refractivity contribution in [3.8, 4) is 0 Å². The highest BCUT2D eigenvalue weighted by Gasteiger charge is 2.15. The van der Waals surface area contributed by atoms with Crippen LogP contribution in [-0.4, -0.2) is 14.6 Å². The van der Waals surface area contributed by atoms with Crippen LogP contribution in [0.25, 0.3) is 10.8 Å². The molecular weight excluding hydrogens is 320 g/mol. The minimum absolute atomic E-state index is 0.197.